The molecule has 182 valence electrons. The molecule has 6 rings (SSSR count). The van der Waals surface area contributed by atoms with E-state index >= 15 is 0 Å². The van der Waals surface area contributed by atoms with Gasteiger partial charge in [0.25, 0.3) is 10.0 Å². The monoisotopic (exact) mass is 547 g/mol. The molecule has 1 N–H and O–H groups in total. The number of para-hydroxylation sites is 1. The summed E-state index contributed by atoms with van der Waals surface area (Å²) < 4.78 is 30.8. The van der Waals surface area contributed by atoms with Gasteiger partial charge < -0.3 is 5.32 Å². The van der Waals surface area contributed by atoms with Crippen molar-refractivity contribution >= 4 is 66.2 Å². The highest BCUT2D eigenvalue weighted by Crippen LogP contribution is 2.35. The smallest absolute Gasteiger partial charge is 0.252 e. The third kappa shape index (κ3) is 4.19. The summed E-state index contributed by atoms with van der Waals surface area (Å²) in [4.78, 5) is 18.0. The minimum atomic E-state index is -3.59. The van der Waals surface area contributed by atoms with Crippen LogP contribution in [0.1, 0.15) is 30.5 Å². The number of aromatic nitrogens is 3. The highest BCUT2D eigenvalue weighted by Gasteiger charge is 2.34. The number of hydrogen-bond acceptors (Lipinski definition) is 7. The van der Waals surface area contributed by atoms with Crippen LogP contribution in [0.25, 0.3) is 15.3 Å². The van der Waals surface area contributed by atoms with Crippen molar-refractivity contribution in [3.8, 4) is 5.13 Å². The van der Waals surface area contributed by atoms with Crippen molar-refractivity contribution < 1.29 is 13.2 Å². The molecule has 0 spiro atoms. The van der Waals surface area contributed by atoms with Crippen molar-refractivity contribution in [2.24, 2.45) is 5.92 Å². The van der Waals surface area contributed by atoms with Gasteiger partial charge in [0, 0.05) is 24.6 Å². The third-order valence-electron chi connectivity index (χ3n) is 6.58. The minimum Gasteiger partial charge on any atom is -0.310 e. The van der Waals surface area contributed by atoms with E-state index in [1.807, 2.05) is 24.3 Å². The Balaban J connectivity index is 1.21. The van der Waals surface area contributed by atoms with Gasteiger partial charge in [-0.3, -0.25) is 4.79 Å². The summed E-state index contributed by atoms with van der Waals surface area (Å²) in [5.41, 5.74) is 2.99. The normalized spacial score (nSPS) is 17.2. The molecule has 35 heavy (non-hydrogen) atoms. The number of piperidine rings is 1. The molecule has 12 heteroatoms. The first-order valence-corrected chi connectivity index (χ1v) is 14.9. The number of sulfonamides is 1. The number of thiophene rings is 1. The Morgan fingerprint density at radius 1 is 1.09 bits per heavy atom. The van der Waals surface area contributed by atoms with E-state index in [0.29, 0.717) is 36.1 Å². The molecule has 2 aliphatic rings. The largest absolute Gasteiger partial charge is 0.310 e. The molecule has 1 aromatic carbocycles. The van der Waals surface area contributed by atoms with Gasteiger partial charge in [-0.05, 0) is 56.4 Å². The van der Waals surface area contributed by atoms with Crippen LogP contribution in [0, 0.1) is 5.92 Å². The second kappa shape index (κ2) is 8.97. The second-order valence-electron chi connectivity index (χ2n) is 8.73. The Labute approximate surface area is 215 Å². The lowest BCUT2D eigenvalue weighted by molar-refractivity contribution is -0.121. The van der Waals surface area contributed by atoms with Gasteiger partial charge in [-0.1, -0.05) is 35.1 Å². The second-order valence-corrected chi connectivity index (χ2v) is 13.6. The van der Waals surface area contributed by atoms with E-state index in [2.05, 4.69) is 5.32 Å². The van der Waals surface area contributed by atoms with E-state index in [1.165, 1.54) is 10.4 Å². The van der Waals surface area contributed by atoms with Crippen molar-refractivity contribution in [3.63, 3.8) is 0 Å². The van der Waals surface area contributed by atoms with Gasteiger partial charge in [-0.25, -0.2) is 13.4 Å². The highest BCUT2D eigenvalue weighted by molar-refractivity contribution is 7.91. The lowest BCUT2D eigenvalue weighted by Crippen LogP contribution is -2.41. The molecule has 0 saturated carbocycles. The lowest BCUT2D eigenvalue weighted by Gasteiger charge is -2.30. The first kappa shape index (κ1) is 23.1. The van der Waals surface area contributed by atoms with Crippen molar-refractivity contribution in [2.75, 3.05) is 18.4 Å². The number of fused-ring (bicyclic) bond motifs is 2. The van der Waals surface area contributed by atoms with Crippen LogP contribution in [0.3, 0.4) is 0 Å². The van der Waals surface area contributed by atoms with E-state index in [-0.39, 0.29) is 16.0 Å². The Morgan fingerprint density at radius 3 is 2.63 bits per heavy atom. The number of nitrogens with zero attached hydrogens (tertiary/aromatic N) is 4. The van der Waals surface area contributed by atoms with Gasteiger partial charge in [0.05, 0.1) is 20.2 Å². The summed E-state index contributed by atoms with van der Waals surface area (Å²) in [6, 6.07) is 11.1. The summed E-state index contributed by atoms with van der Waals surface area (Å²) in [7, 11) is -3.59. The average molecular weight is 548 g/mol. The minimum absolute atomic E-state index is 0.0989. The van der Waals surface area contributed by atoms with Gasteiger partial charge in [0.2, 0.25) is 11.0 Å². The topological polar surface area (TPSA) is 97.2 Å². The molecule has 0 bridgehead atoms. The van der Waals surface area contributed by atoms with Gasteiger partial charge in [-0.2, -0.15) is 14.1 Å². The number of nitrogens with one attached hydrogen (secondary N) is 1. The summed E-state index contributed by atoms with van der Waals surface area (Å²) in [5, 5.41) is 8.65. The van der Waals surface area contributed by atoms with Crippen molar-refractivity contribution in [2.45, 2.75) is 36.3 Å². The molecule has 0 unspecified atom stereocenters. The average Bonchev–Trinajstić information content (AvgIpc) is 3.63. The number of thiazole rings is 1. The van der Waals surface area contributed by atoms with Crippen LogP contribution in [0.15, 0.2) is 40.6 Å². The molecule has 1 aliphatic heterocycles. The fraction of sp³-hybridized carbons (Fsp3) is 0.348. The molecule has 1 fully saturated rings. The third-order valence-corrected chi connectivity index (χ3v) is 11.2. The van der Waals surface area contributed by atoms with Gasteiger partial charge in [0.15, 0.2) is 0 Å². The zero-order chi connectivity index (χ0) is 24.2. The van der Waals surface area contributed by atoms with E-state index in [4.69, 9.17) is 21.7 Å². The molecule has 0 radical (unpaired) electrons. The lowest BCUT2D eigenvalue weighted by atomic mass is 9.97. The van der Waals surface area contributed by atoms with Crippen LogP contribution in [-0.4, -0.2) is 46.5 Å². The fourth-order valence-electron chi connectivity index (χ4n) is 4.75. The van der Waals surface area contributed by atoms with E-state index in [1.54, 1.807) is 22.1 Å². The zero-order valence-corrected chi connectivity index (χ0v) is 21.8. The number of benzene rings is 1. The standard InChI is InChI=1S/C23H22ClN5O3S3/c24-19-8-9-20(34-19)35(31,32)28-12-10-14(11-13-28)22(30)26-21-15-4-3-6-16(15)27-29(21)23-25-17-5-1-2-7-18(17)33-23/h1-2,5,7-9,14H,3-4,6,10-13H2,(H,26,30). The van der Waals surface area contributed by atoms with E-state index in [9.17, 15) is 13.2 Å². The maximum absolute atomic E-state index is 13.3. The summed E-state index contributed by atoms with van der Waals surface area (Å²) in [6.07, 6.45) is 3.70. The Kier molecular flexibility index (Phi) is 5.92. The molecule has 4 aromatic rings. The number of halogens is 1. The van der Waals surface area contributed by atoms with Crippen LogP contribution >= 0.6 is 34.3 Å². The van der Waals surface area contributed by atoms with E-state index in [0.717, 1.165) is 57.2 Å². The predicted molar refractivity (Wildman–Crippen MR) is 138 cm³/mol. The predicted octanol–water partition coefficient (Wildman–Crippen LogP) is 4.73. The maximum atomic E-state index is 13.3. The van der Waals surface area contributed by atoms with Crippen LogP contribution in [-0.2, 0) is 27.7 Å². The van der Waals surface area contributed by atoms with Crippen molar-refractivity contribution in [1.29, 1.82) is 0 Å². The van der Waals surface area contributed by atoms with Crippen LogP contribution < -0.4 is 5.32 Å². The quantitative estimate of drug-likeness (QED) is 0.390. The Bertz CT molecular complexity index is 1500. The molecular weight excluding hydrogens is 526 g/mol. The number of anilines is 1. The number of hydrogen-bond donors (Lipinski definition) is 1. The SMILES string of the molecule is O=C(Nc1c2c(nn1-c1nc3ccccc3s1)CCC2)C1CCN(S(=O)(=O)c2ccc(Cl)s2)CC1. The van der Waals surface area contributed by atoms with E-state index < -0.39 is 10.0 Å². The van der Waals surface area contributed by atoms with Crippen molar-refractivity contribution in [1.82, 2.24) is 19.1 Å². The highest BCUT2D eigenvalue weighted by atomic mass is 35.5. The number of aryl methyl sites for hydroxylation is 1. The fourth-order valence-corrected chi connectivity index (χ4v) is 8.78. The molecule has 0 atom stereocenters. The first-order valence-electron chi connectivity index (χ1n) is 11.4. The van der Waals surface area contributed by atoms with Crippen molar-refractivity contribution in [3.05, 3.63) is 52.0 Å². The Hall–Kier alpha value is -2.31. The number of amides is 1. The van der Waals surface area contributed by atoms with Crippen LogP contribution in [0.4, 0.5) is 5.82 Å². The zero-order valence-electron chi connectivity index (χ0n) is 18.6. The Morgan fingerprint density at radius 2 is 1.89 bits per heavy atom. The summed E-state index contributed by atoms with van der Waals surface area (Å²) in [5.74, 6) is 0.326. The van der Waals surface area contributed by atoms with Gasteiger partial charge in [0.1, 0.15) is 10.0 Å². The molecule has 4 heterocycles. The van der Waals surface area contributed by atoms with Gasteiger partial charge in [-0.15, -0.1) is 11.3 Å². The maximum Gasteiger partial charge on any atom is 0.252 e. The summed E-state index contributed by atoms with van der Waals surface area (Å²) in [6.45, 7) is 0.594. The van der Waals surface area contributed by atoms with Gasteiger partial charge >= 0.3 is 0 Å². The molecule has 1 amide bonds. The summed E-state index contributed by atoms with van der Waals surface area (Å²) >= 11 is 8.52. The molecule has 8 nitrogen and oxygen atoms in total. The first-order chi connectivity index (χ1) is 16.9. The van der Waals surface area contributed by atoms with Crippen LogP contribution in [0.2, 0.25) is 4.34 Å². The molecule has 1 aliphatic carbocycles. The number of carbonyl (C=O) groups is 1. The number of carbonyl (C=O) groups excluding carboxylic acids is 1. The molecule has 3 aromatic heterocycles. The number of rotatable bonds is 5. The molecular formula is C23H22ClN5O3S3. The molecule has 1 saturated heterocycles. The van der Waals surface area contributed by atoms with Crippen LogP contribution in [0.5, 0.6) is 0 Å².